The summed E-state index contributed by atoms with van der Waals surface area (Å²) in [6.07, 6.45) is 7.95. The fraction of sp³-hybridized carbons (Fsp3) is 0.333. The van der Waals surface area contributed by atoms with Crippen LogP contribution in [0.4, 0.5) is 11.4 Å². The van der Waals surface area contributed by atoms with Crippen LogP contribution in [0.2, 0.25) is 0 Å². The summed E-state index contributed by atoms with van der Waals surface area (Å²) in [4.78, 5) is 26.8. The van der Waals surface area contributed by atoms with E-state index in [0.717, 1.165) is 79.3 Å². The Morgan fingerprint density at radius 2 is 1.83 bits per heavy atom. The van der Waals surface area contributed by atoms with Crippen molar-refractivity contribution in [2.45, 2.75) is 19.4 Å². The van der Waals surface area contributed by atoms with Crippen molar-refractivity contribution in [2.75, 3.05) is 49.6 Å². The zero-order valence-electron chi connectivity index (χ0n) is 20.1. The first kappa shape index (κ1) is 22.6. The molecule has 36 heavy (non-hydrogen) atoms. The van der Waals surface area contributed by atoms with Crippen molar-refractivity contribution in [1.82, 2.24) is 25.1 Å². The molecule has 0 spiro atoms. The predicted molar refractivity (Wildman–Crippen MR) is 139 cm³/mol. The molecule has 1 aromatic carbocycles. The van der Waals surface area contributed by atoms with Crippen molar-refractivity contribution in [2.24, 2.45) is 0 Å². The number of nitrogens with one attached hydrogen (secondary N) is 2. The van der Waals surface area contributed by atoms with Gasteiger partial charge in [0.2, 0.25) is 0 Å². The molecule has 184 valence electrons. The van der Waals surface area contributed by atoms with E-state index in [1.807, 2.05) is 42.7 Å². The number of fused-ring (bicyclic) bond motifs is 1. The van der Waals surface area contributed by atoms with E-state index in [2.05, 4.69) is 41.3 Å². The zero-order chi connectivity index (χ0) is 24.3. The number of nitrogens with zero attached hydrogens (tertiary/aromatic N) is 5. The number of H-pyrrole nitrogens is 1. The highest BCUT2D eigenvalue weighted by Gasteiger charge is 2.17. The van der Waals surface area contributed by atoms with E-state index >= 15 is 0 Å². The molecule has 0 aliphatic carbocycles. The molecule has 6 rings (SSSR count). The van der Waals surface area contributed by atoms with E-state index in [1.165, 1.54) is 12.8 Å². The summed E-state index contributed by atoms with van der Waals surface area (Å²) in [7, 11) is 0. The van der Waals surface area contributed by atoms with Crippen molar-refractivity contribution >= 4 is 28.2 Å². The Kier molecular flexibility index (Phi) is 6.31. The summed E-state index contributed by atoms with van der Waals surface area (Å²) < 4.78 is 5.47. The maximum Gasteiger partial charge on any atom is 0.276 e. The Labute approximate surface area is 209 Å². The minimum Gasteiger partial charge on any atom is -0.378 e. The maximum absolute atomic E-state index is 13.1. The molecule has 0 bridgehead atoms. The molecule has 4 aromatic rings. The Morgan fingerprint density at radius 3 is 2.64 bits per heavy atom. The van der Waals surface area contributed by atoms with Crippen LogP contribution in [-0.4, -0.2) is 70.4 Å². The number of ether oxygens (including phenoxy) is 1. The smallest absolute Gasteiger partial charge is 0.276 e. The lowest BCUT2D eigenvalue weighted by molar-refractivity contribution is 0.102. The quantitative estimate of drug-likeness (QED) is 0.431. The highest BCUT2D eigenvalue weighted by molar-refractivity contribution is 6.11. The van der Waals surface area contributed by atoms with Gasteiger partial charge in [-0.25, -0.2) is 0 Å². The molecule has 2 aliphatic heterocycles. The molecule has 3 aromatic heterocycles. The largest absolute Gasteiger partial charge is 0.378 e. The van der Waals surface area contributed by atoms with Crippen LogP contribution in [0.25, 0.3) is 22.0 Å². The van der Waals surface area contributed by atoms with Crippen molar-refractivity contribution in [1.29, 1.82) is 0 Å². The average Bonchev–Trinajstić information content (AvgIpc) is 3.60. The minimum atomic E-state index is -0.271. The van der Waals surface area contributed by atoms with Crippen LogP contribution in [-0.2, 0) is 11.3 Å². The number of hydrogen-bond donors (Lipinski definition) is 2. The topological polar surface area (TPSA) is 99.3 Å². The molecule has 0 saturated carbocycles. The number of benzene rings is 1. The van der Waals surface area contributed by atoms with Crippen molar-refractivity contribution < 1.29 is 9.53 Å². The van der Waals surface area contributed by atoms with Gasteiger partial charge in [-0.1, -0.05) is 6.07 Å². The van der Waals surface area contributed by atoms with Gasteiger partial charge in [0.1, 0.15) is 0 Å². The molecule has 0 radical (unpaired) electrons. The number of carbonyl (C=O) groups excluding carboxylic acids is 1. The molecule has 1 amide bonds. The second-order valence-corrected chi connectivity index (χ2v) is 9.34. The maximum atomic E-state index is 13.1. The molecule has 9 heteroatoms. The summed E-state index contributed by atoms with van der Waals surface area (Å²) in [5.41, 5.74) is 5.87. The van der Waals surface area contributed by atoms with Crippen LogP contribution in [0.15, 0.2) is 55.0 Å². The fourth-order valence-corrected chi connectivity index (χ4v) is 4.90. The Morgan fingerprint density at radius 1 is 0.972 bits per heavy atom. The molecule has 5 heterocycles. The van der Waals surface area contributed by atoms with Crippen LogP contribution in [0.5, 0.6) is 0 Å². The van der Waals surface area contributed by atoms with Gasteiger partial charge in [-0.05, 0) is 61.8 Å². The van der Waals surface area contributed by atoms with E-state index in [0.29, 0.717) is 11.4 Å². The lowest BCUT2D eigenvalue weighted by atomic mass is 10.0. The van der Waals surface area contributed by atoms with E-state index in [9.17, 15) is 4.79 Å². The first-order valence-electron chi connectivity index (χ1n) is 12.5. The van der Waals surface area contributed by atoms with Gasteiger partial charge in [-0.3, -0.25) is 24.8 Å². The van der Waals surface area contributed by atoms with Crippen molar-refractivity contribution in [3.05, 3.63) is 66.4 Å². The van der Waals surface area contributed by atoms with E-state index in [1.54, 1.807) is 6.20 Å². The minimum absolute atomic E-state index is 0.271. The summed E-state index contributed by atoms with van der Waals surface area (Å²) in [5.74, 6) is -0.271. The van der Waals surface area contributed by atoms with Gasteiger partial charge in [0.25, 0.3) is 5.91 Å². The lowest BCUT2D eigenvalue weighted by Gasteiger charge is -2.28. The third-order valence-electron chi connectivity index (χ3n) is 6.88. The third-order valence-corrected chi connectivity index (χ3v) is 6.88. The molecule has 0 unspecified atom stereocenters. The van der Waals surface area contributed by atoms with Crippen LogP contribution in [0, 0.1) is 0 Å². The number of hydrogen-bond acceptors (Lipinski definition) is 7. The normalized spacial score (nSPS) is 16.5. The summed E-state index contributed by atoms with van der Waals surface area (Å²) in [6, 6.07) is 12.0. The van der Waals surface area contributed by atoms with Gasteiger partial charge >= 0.3 is 0 Å². The van der Waals surface area contributed by atoms with E-state index in [-0.39, 0.29) is 5.91 Å². The Bertz CT molecular complexity index is 1360. The first-order valence-corrected chi connectivity index (χ1v) is 12.5. The highest BCUT2D eigenvalue weighted by atomic mass is 16.5. The third kappa shape index (κ3) is 4.80. The number of amides is 1. The number of carbonyl (C=O) groups is 1. The molecular weight excluding hydrogens is 454 g/mol. The van der Waals surface area contributed by atoms with Crippen LogP contribution in [0.1, 0.15) is 29.0 Å². The summed E-state index contributed by atoms with van der Waals surface area (Å²) in [5, 5.41) is 11.0. The van der Waals surface area contributed by atoms with Crippen molar-refractivity contribution in [3.63, 3.8) is 0 Å². The van der Waals surface area contributed by atoms with E-state index in [4.69, 9.17) is 4.74 Å². The standard InChI is InChI=1S/C27H29N7O2/c35-27(30-21-4-5-22(29-16-21)18-33-7-1-2-8-33)26-24-14-19(3-6-25(24)31-32-26)20-13-23(17-28-15-20)34-9-11-36-12-10-34/h3-6,13-17H,1-2,7-12,18H2,(H,30,35)(H,31,32). The van der Waals surface area contributed by atoms with Gasteiger partial charge in [-0.2, -0.15) is 5.10 Å². The van der Waals surface area contributed by atoms with Crippen molar-refractivity contribution in [3.8, 4) is 11.1 Å². The fourth-order valence-electron chi connectivity index (χ4n) is 4.90. The molecule has 9 nitrogen and oxygen atoms in total. The number of morpholine rings is 1. The van der Waals surface area contributed by atoms with E-state index < -0.39 is 0 Å². The lowest BCUT2D eigenvalue weighted by Crippen LogP contribution is -2.36. The van der Waals surface area contributed by atoms with Crippen LogP contribution in [0.3, 0.4) is 0 Å². The first-order chi connectivity index (χ1) is 17.7. The molecule has 2 N–H and O–H groups in total. The highest BCUT2D eigenvalue weighted by Crippen LogP contribution is 2.28. The number of likely N-dealkylation sites (tertiary alicyclic amines) is 1. The molecule has 2 saturated heterocycles. The van der Waals surface area contributed by atoms with Crippen LogP contribution < -0.4 is 10.2 Å². The molecule has 0 atom stereocenters. The van der Waals surface area contributed by atoms with Gasteiger partial charge in [0, 0.05) is 36.8 Å². The molecular formula is C27H29N7O2. The van der Waals surface area contributed by atoms with Gasteiger partial charge in [0.05, 0.1) is 48.2 Å². The number of aromatic amines is 1. The summed E-state index contributed by atoms with van der Waals surface area (Å²) >= 11 is 0. The Hall–Kier alpha value is -3.82. The number of anilines is 2. The number of aromatic nitrogens is 4. The second-order valence-electron chi connectivity index (χ2n) is 9.34. The molecule has 2 fully saturated rings. The molecule has 2 aliphatic rings. The summed E-state index contributed by atoms with van der Waals surface area (Å²) in [6.45, 7) is 6.25. The predicted octanol–water partition coefficient (Wildman–Crippen LogP) is 3.70. The number of rotatable bonds is 6. The number of pyridine rings is 2. The van der Waals surface area contributed by atoms with Gasteiger partial charge in [-0.15, -0.1) is 0 Å². The Balaban J connectivity index is 1.20. The monoisotopic (exact) mass is 483 g/mol. The zero-order valence-corrected chi connectivity index (χ0v) is 20.1. The SMILES string of the molecule is O=C(Nc1ccc(CN2CCCC2)nc1)c1n[nH]c2ccc(-c3cncc(N4CCOCC4)c3)cc12. The van der Waals surface area contributed by atoms with Gasteiger partial charge in [0.15, 0.2) is 5.69 Å². The average molecular weight is 484 g/mol. The van der Waals surface area contributed by atoms with Gasteiger partial charge < -0.3 is 15.0 Å². The van der Waals surface area contributed by atoms with Crippen LogP contribution >= 0.6 is 0 Å². The second kappa shape index (κ2) is 10.0.